The van der Waals surface area contributed by atoms with E-state index in [0.29, 0.717) is 29.0 Å². The maximum atomic E-state index is 6.70. The Hall–Kier alpha value is -2.43. The first kappa shape index (κ1) is 23.0. The van der Waals surface area contributed by atoms with Gasteiger partial charge in [-0.3, -0.25) is 4.57 Å². The maximum absolute atomic E-state index is 6.70. The van der Waals surface area contributed by atoms with Crippen LogP contribution < -0.4 is 0 Å². The van der Waals surface area contributed by atoms with Gasteiger partial charge in [0.2, 0.25) is 0 Å². The van der Waals surface area contributed by atoms with Crippen LogP contribution in [-0.2, 0) is 20.8 Å². The first-order valence-electron chi connectivity index (χ1n) is 11.8. The summed E-state index contributed by atoms with van der Waals surface area (Å²) in [6, 6.07) is 3.78. The summed E-state index contributed by atoms with van der Waals surface area (Å²) in [5.41, 5.74) is 2.71. The lowest BCUT2D eigenvalue weighted by Gasteiger charge is -2.22. The van der Waals surface area contributed by atoms with Crippen molar-refractivity contribution in [3.63, 3.8) is 0 Å². The van der Waals surface area contributed by atoms with Crippen molar-refractivity contribution >= 4 is 34.1 Å². The van der Waals surface area contributed by atoms with Gasteiger partial charge >= 0.3 is 0 Å². The summed E-state index contributed by atoms with van der Waals surface area (Å²) in [6.07, 6.45) is 10.8. The zero-order valence-corrected chi connectivity index (χ0v) is 21.0. The van der Waals surface area contributed by atoms with Crippen molar-refractivity contribution in [2.24, 2.45) is 0 Å². The predicted octanol–water partition coefficient (Wildman–Crippen LogP) is 5.24. The molecule has 184 valence electrons. The van der Waals surface area contributed by atoms with Gasteiger partial charge < -0.3 is 14.2 Å². The van der Waals surface area contributed by atoms with E-state index >= 15 is 0 Å². The second kappa shape index (κ2) is 8.90. The number of rotatable bonds is 5. The van der Waals surface area contributed by atoms with Gasteiger partial charge in [-0.15, -0.1) is 5.10 Å². The second-order valence-electron chi connectivity index (χ2n) is 9.45. The van der Waals surface area contributed by atoms with E-state index in [4.69, 9.17) is 37.4 Å². The van der Waals surface area contributed by atoms with E-state index in [0.717, 1.165) is 47.9 Å². The third-order valence-electron chi connectivity index (χ3n) is 6.45. The molecular formula is C24H26Cl2N6O3. The molecule has 9 nitrogen and oxygen atoms in total. The molecule has 0 amide bonds. The van der Waals surface area contributed by atoms with Crippen molar-refractivity contribution in [3.8, 4) is 16.9 Å². The van der Waals surface area contributed by atoms with Crippen molar-refractivity contribution in [2.75, 3.05) is 13.2 Å². The molecule has 0 saturated carbocycles. The summed E-state index contributed by atoms with van der Waals surface area (Å²) in [5.74, 6) is 0.0448. The van der Waals surface area contributed by atoms with Crippen LogP contribution in [0.25, 0.3) is 27.8 Å². The molecule has 11 heteroatoms. The summed E-state index contributed by atoms with van der Waals surface area (Å²) < 4.78 is 23.1. The second-order valence-corrected chi connectivity index (χ2v) is 10.2. The van der Waals surface area contributed by atoms with Crippen LogP contribution in [0, 0.1) is 0 Å². The Morgan fingerprint density at radius 3 is 2.80 bits per heavy atom. The van der Waals surface area contributed by atoms with Crippen molar-refractivity contribution in [2.45, 2.75) is 57.8 Å². The largest absolute Gasteiger partial charge is 0.357 e. The Labute approximate surface area is 212 Å². The molecule has 0 aliphatic carbocycles. The Morgan fingerprint density at radius 2 is 2.03 bits per heavy atom. The summed E-state index contributed by atoms with van der Waals surface area (Å²) in [4.78, 5) is 0. The minimum Gasteiger partial charge on any atom is -0.357 e. The van der Waals surface area contributed by atoms with Crippen LogP contribution in [0.3, 0.4) is 0 Å². The first-order chi connectivity index (χ1) is 16.9. The van der Waals surface area contributed by atoms with Crippen LogP contribution in [0.5, 0.6) is 0 Å². The molecular weight excluding hydrogens is 491 g/mol. The number of nitrogens with zero attached hydrogens (tertiary/aromatic N) is 6. The van der Waals surface area contributed by atoms with Crippen molar-refractivity contribution in [3.05, 3.63) is 47.0 Å². The van der Waals surface area contributed by atoms with Gasteiger partial charge in [-0.05, 0) is 39.2 Å². The molecule has 4 aromatic rings. The lowest BCUT2D eigenvalue weighted by molar-refractivity contribution is -0.139. The van der Waals surface area contributed by atoms with Crippen LogP contribution >= 0.6 is 23.2 Å². The zero-order valence-electron chi connectivity index (χ0n) is 19.5. The van der Waals surface area contributed by atoms with Crippen molar-refractivity contribution < 1.29 is 14.2 Å². The molecule has 2 aliphatic rings. The molecule has 6 rings (SSSR count). The molecule has 3 aromatic heterocycles. The van der Waals surface area contributed by atoms with E-state index in [1.165, 1.54) is 0 Å². The third-order valence-corrected chi connectivity index (χ3v) is 7.25. The monoisotopic (exact) mass is 516 g/mol. The van der Waals surface area contributed by atoms with Crippen LogP contribution in [0.4, 0.5) is 0 Å². The number of benzene rings is 1. The van der Waals surface area contributed by atoms with E-state index in [-0.39, 0.29) is 12.3 Å². The highest BCUT2D eigenvalue weighted by atomic mass is 35.5. The fourth-order valence-corrected chi connectivity index (χ4v) is 5.19. The Morgan fingerprint density at radius 1 is 1.14 bits per heavy atom. The van der Waals surface area contributed by atoms with E-state index in [1.807, 2.05) is 60.0 Å². The topological polar surface area (TPSA) is 81.2 Å². The lowest BCUT2D eigenvalue weighted by Crippen LogP contribution is -2.24. The van der Waals surface area contributed by atoms with E-state index in [2.05, 4.69) is 15.4 Å². The Kier molecular flexibility index (Phi) is 5.85. The SMILES string of the molecule is CC1(C)OCC(Cn2cc(-n3cc(-c4cnn(C5CCCCO5)c4)c4ccc(Cl)c(Cl)c43)nn2)O1. The van der Waals surface area contributed by atoms with Gasteiger partial charge in [0.25, 0.3) is 0 Å². The van der Waals surface area contributed by atoms with Crippen molar-refractivity contribution in [1.29, 1.82) is 0 Å². The predicted molar refractivity (Wildman–Crippen MR) is 132 cm³/mol. The fraction of sp³-hybridized carbons (Fsp3) is 0.458. The lowest BCUT2D eigenvalue weighted by atomic mass is 10.1. The summed E-state index contributed by atoms with van der Waals surface area (Å²) in [7, 11) is 0. The fourth-order valence-electron chi connectivity index (χ4n) is 4.78. The molecule has 2 unspecified atom stereocenters. The van der Waals surface area contributed by atoms with Crippen LogP contribution in [-0.4, -0.2) is 54.4 Å². The van der Waals surface area contributed by atoms with Gasteiger partial charge in [0.05, 0.1) is 41.1 Å². The number of halogens is 2. The van der Waals surface area contributed by atoms with Crippen LogP contribution in [0.2, 0.25) is 10.0 Å². The molecule has 0 radical (unpaired) electrons. The van der Waals surface area contributed by atoms with Gasteiger partial charge in [0.1, 0.15) is 12.3 Å². The number of aromatic nitrogens is 6. The average Bonchev–Trinajstić information content (AvgIpc) is 3.63. The summed E-state index contributed by atoms with van der Waals surface area (Å²) >= 11 is 13.1. The molecule has 2 aliphatic heterocycles. The number of fused-ring (bicyclic) bond motifs is 1. The molecule has 0 spiro atoms. The summed E-state index contributed by atoms with van der Waals surface area (Å²) in [6.45, 7) is 5.61. The highest BCUT2D eigenvalue weighted by Crippen LogP contribution is 2.39. The maximum Gasteiger partial charge on any atom is 0.179 e. The van der Waals surface area contributed by atoms with Crippen molar-refractivity contribution in [1.82, 2.24) is 29.3 Å². The van der Waals surface area contributed by atoms with E-state index in [9.17, 15) is 0 Å². The molecule has 5 heterocycles. The van der Waals surface area contributed by atoms with E-state index < -0.39 is 5.79 Å². The van der Waals surface area contributed by atoms with Gasteiger partial charge in [0, 0.05) is 35.5 Å². The Balaban J connectivity index is 1.36. The molecule has 0 N–H and O–H groups in total. The third kappa shape index (κ3) is 4.36. The van der Waals surface area contributed by atoms with Gasteiger partial charge in [-0.1, -0.05) is 34.5 Å². The molecule has 1 aromatic carbocycles. The van der Waals surface area contributed by atoms with Gasteiger partial charge in [0.15, 0.2) is 11.6 Å². The molecule has 35 heavy (non-hydrogen) atoms. The molecule has 2 saturated heterocycles. The molecule has 0 bridgehead atoms. The average molecular weight is 517 g/mol. The molecule has 2 fully saturated rings. The zero-order chi connectivity index (χ0) is 24.2. The highest BCUT2D eigenvalue weighted by Gasteiger charge is 2.33. The summed E-state index contributed by atoms with van der Waals surface area (Å²) in [5, 5.41) is 15.2. The van der Waals surface area contributed by atoms with Crippen LogP contribution in [0.1, 0.15) is 39.3 Å². The normalized spacial score (nSPS) is 22.3. The molecule has 2 atom stereocenters. The van der Waals surface area contributed by atoms with Gasteiger partial charge in [-0.2, -0.15) is 5.10 Å². The number of hydrogen-bond donors (Lipinski definition) is 0. The Bertz CT molecular complexity index is 1370. The van der Waals surface area contributed by atoms with E-state index in [1.54, 1.807) is 4.68 Å². The standard InChI is InChI=1S/C24H26Cl2N6O3/c1-24(2)34-14-16(35-24)11-30-13-20(28-29-30)31-12-18(17-6-7-19(25)22(26)23(17)31)15-9-27-32(10-15)21-5-3-4-8-33-21/h6-7,9-10,12-13,16,21H,3-5,8,11,14H2,1-2H3. The number of hydrogen-bond acceptors (Lipinski definition) is 6. The number of ether oxygens (including phenoxy) is 3. The highest BCUT2D eigenvalue weighted by molar-refractivity contribution is 6.45. The minimum absolute atomic E-state index is 0.0319. The first-order valence-corrected chi connectivity index (χ1v) is 12.5. The quantitative estimate of drug-likeness (QED) is 0.360. The minimum atomic E-state index is -0.586. The smallest absolute Gasteiger partial charge is 0.179 e. The van der Waals surface area contributed by atoms with Crippen LogP contribution in [0.15, 0.2) is 36.9 Å². The van der Waals surface area contributed by atoms with Gasteiger partial charge in [-0.25, -0.2) is 9.36 Å².